The molecule has 0 aliphatic rings. The van der Waals surface area contributed by atoms with Crippen molar-refractivity contribution in [1.29, 1.82) is 0 Å². The first-order valence-electron chi connectivity index (χ1n) is 3.48. The van der Waals surface area contributed by atoms with Gasteiger partial charge in [-0.25, -0.2) is 0 Å². The number of carbonyl (C=O) groups excluding carboxylic acids is 1. The first-order valence-corrected chi connectivity index (χ1v) is 3.48. The predicted octanol–water partition coefficient (Wildman–Crippen LogP) is -0.440. The summed E-state index contributed by atoms with van der Waals surface area (Å²) in [6, 6.07) is 4.27. The van der Waals surface area contributed by atoms with E-state index in [4.69, 9.17) is 5.73 Å². The second kappa shape index (κ2) is 2.44. The van der Waals surface area contributed by atoms with Crippen molar-refractivity contribution in [3.05, 3.63) is 29.0 Å². The highest BCUT2D eigenvalue weighted by Gasteiger charge is 2.11. The molecule has 0 fully saturated rings. The van der Waals surface area contributed by atoms with Crippen LogP contribution in [0.25, 0.3) is 11.0 Å². The summed E-state index contributed by atoms with van der Waals surface area (Å²) >= 11 is 0. The molecule has 6 heteroatoms. The van der Waals surface area contributed by atoms with E-state index in [0.29, 0.717) is 11.1 Å². The summed E-state index contributed by atoms with van der Waals surface area (Å²) in [6.07, 6.45) is 0. The van der Waals surface area contributed by atoms with Gasteiger partial charge >= 0.3 is 0 Å². The van der Waals surface area contributed by atoms with Crippen LogP contribution in [0.4, 0.5) is 0 Å². The number of amides is 1. The molecule has 0 saturated heterocycles. The molecule has 1 aromatic heterocycles. The lowest BCUT2D eigenvalue weighted by molar-refractivity contribution is -0.782. The molecule has 1 aromatic carbocycles. The third-order valence-corrected chi connectivity index (χ3v) is 1.67. The van der Waals surface area contributed by atoms with Crippen molar-refractivity contribution in [2.24, 2.45) is 5.73 Å². The van der Waals surface area contributed by atoms with E-state index in [1.165, 1.54) is 18.2 Å². The lowest BCUT2D eigenvalue weighted by Crippen LogP contribution is -2.22. The van der Waals surface area contributed by atoms with Gasteiger partial charge in [0.15, 0.2) is 0 Å². The van der Waals surface area contributed by atoms with E-state index in [1.54, 1.807) is 0 Å². The Morgan fingerprint density at radius 2 is 2.38 bits per heavy atom. The highest BCUT2D eigenvalue weighted by molar-refractivity contribution is 5.95. The summed E-state index contributed by atoms with van der Waals surface area (Å²) in [7, 11) is 0. The van der Waals surface area contributed by atoms with E-state index >= 15 is 0 Å². The smallest absolute Gasteiger partial charge is 0.249 e. The summed E-state index contributed by atoms with van der Waals surface area (Å²) < 4.78 is 4.31. The first-order chi connectivity index (χ1) is 6.18. The molecule has 0 radical (unpaired) electrons. The van der Waals surface area contributed by atoms with E-state index < -0.39 is 5.91 Å². The molecule has 0 atom stereocenters. The van der Waals surface area contributed by atoms with Crippen LogP contribution < -0.4 is 10.6 Å². The van der Waals surface area contributed by atoms with Crippen molar-refractivity contribution in [2.45, 2.75) is 0 Å². The summed E-state index contributed by atoms with van der Waals surface area (Å²) in [5.41, 5.74) is 5.90. The maximum Gasteiger partial charge on any atom is 0.249 e. The Morgan fingerprint density at radius 1 is 1.62 bits per heavy atom. The van der Waals surface area contributed by atoms with Gasteiger partial charge < -0.3 is 10.9 Å². The molecule has 66 valence electrons. The maximum atomic E-state index is 10.8. The Bertz CT molecular complexity index is 477. The normalized spacial score (nSPS) is 10.5. The van der Waals surface area contributed by atoms with E-state index in [0.717, 1.165) is 0 Å². The number of rotatable bonds is 1. The highest BCUT2D eigenvalue weighted by Crippen LogP contribution is 2.09. The molecule has 0 aliphatic heterocycles. The summed E-state index contributed by atoms with van der Waals surface area (Å²) in [4.78, 5) is 11.0. The standard InChI is InChI=1S/C7H5N3O3/c8-7(11)4-1-2-6-5(3-4)9-13-10(6)12/h1-3H,(H2,8,11). The number of primary amides is 1. The quantitative estimate of drug-likeness (QED) is 0.600. The lowest BCUT2D eigenvalue weighted by Gasteiger charge is -1.90. The van der Waals surface area contributed by atoms with Crippen molar-refractivity contribution in [1.82, 2.24) is 5.16 Å². The fraction of sp³-hybridized carbons (Fsp3) is 0. The van der Waals surface area contributed by atoms with Gasteiger partial charge in [0.05, 0.1) is 0 Å². The summed E-state index contributed by atoms with van der Waals surface area (Å²) in [5, 5.41) is 14.3. The molecule has 2 aromatic rings. The monoisotopic (exact) mass is 179 g/mol. The van der Waals surface area contributed by atoms with Crippen LogP contribution in [0.5, 0.6) is 0 Å². The van der Waals surface area contributed by atoms with Crippen LogP contribution in [0.15, 0.2) is 22.8 Å². The van der Waals surface area contributed by atoms with Crippen molar-refractivity contribution in [2.75, 3.05) is 0 Å². The average molecular weight is 179 g/mol. The van der Waals surface area contributed by atoms with Crippen molar-refractivity contribution in [3.8, 4) is 0 Å². The van der Waals surface area contributed by atoms with Crippen LogP contribution >= 0.6 is 0 Å². The van der Waals surface area contributed by atoms with Gasteiger partial charge in [0.2, 0.25) is 16.9 Å². The molecule has 1 heterocycles. The molecule has 1 amide bonds. The molecule has 0 aliphatic carbocycles. The van der Waals surface area contributed by atoms with Crippen LogP contribution in [0, 0.1) is 5.21 Å². The number of nitrogens with two attached hydrogens (primary N) is 1. The fourth-order valence-electron chi connectivity index (χ4n) is 1.03. The van der Waals surface area contributed by atoms with Crippen LogP contribution in [-0.4, -0.2) is 11.1 Å². The van der Waals surface area contributed by atoms with Gasteiger partial charge in [-0.3, -0.25) is 9.42 Å². The fourth-order valence-corrected chi connectivity index (χ4v) is 1.03. The molecular weight excluding hydrogens is 174 g/mol. The Balaban J connectivity index is 2.70. The van der Waals surface area contributed by atoms with Crippen molar-refractivity contribution < 1.29 is 14.3 Å². The molecule has 0 unspecified atom stereocenters. The number of benzene rings is 1. The van der Waals surface area contributed by atoms with E-state index in [-0.39, 0.29) is 10.4 Å². The average Bonchev–Trinajstić information content (AvgIpc) is 2.47. The lowest BCUT2D eigenvalue weighted by atomic mass is 10.2. The van der Waals surface area contributed by atoms with E-state index in [2.05, 4.69) is 9.79 Å². The van der Waals surface area contributed by atoms with Crippen LogP contribution in [-0.2, 0) is 0 Å². The van der Waals surface area contributed by atoms with Gasteiger partial charge in [0.1, 0.15) is 0 Å². The zero-order valence-electron chi connectivity index (χ0n) is 6.43. The van der Waals surface area contributed by atoms with Gasteiger partial charge in [-0.05, 0) is 17.0 Å². The Kier molecular flexibility index (Phi) is 1.42. The second-order valence-corrected chi connectivity index (χ2v) is 2.50. The zero-order valence-corrected chi connectivity index (χ0v) is 6.43. The molecule has 2 N–H and O–H groups in total. The number of hydrogen-bond acceptors (Lipinski definition) is 4. The number of nitrogens with zero attached hydrogens (tertiary/aromatic N) is 2. The highest BCUT2D eigenvalue weighted by atomic mass is 16.8. The molecular formula is C7H5N3O3. The maximum absolute atomic E-state index is 10.8. The predicted molar refractivity (Wildman–Crippen MR) is 41.5 cm³/mol. The minimum absolute atomic E-state index is 0.264. The van der Waals surface area contributed by atoms with Crippen LogP contribution in [0.3, 0.4) is 0 Å². The molecule has 2 rings (SSSR count). The molecule has 0 bridgehead atoms. The van der Waals surface area contributed by atoms with Gasteiger partial charge in [0.25, 0.3) is 0 Å². The summed E-state index contributed by atoms with van der Waals surface area (Å²) in [6.45, 7) is 0. The van der Waals surface area contributed by atoms with E-state index in [9.17, 15) is 10.0 Å². The van der Waals surface area contributed by atoms with E-state index in [1.807, 2.05) is 0 Å². The van der Waals surface area contributed by atoms with Crippen LogP contribution in [0.1, 0.15) is 10.4 Å². The summed E-state index contributed by atoms with van der Waals surface area (Å²) in [5.74, 6) is -0.567. The number of hydrogen-bond donors (Lipinski definition) is 1. The Morgan fingerprint density at radius 3 is 3.08 bits per heavy atom. The Labute approximate surface area is 72.1 Å². The molecule has 6 nitrogen and oxygen atoms in total. The third kappa shape index (κ3) is 1.08. The van der Waals surface area contributed by atoms with Gasteiger partial charge in [-0.1, -0.05) is 0 Å². The SMILES string of the molecule is NC(=O)c1ccc2c(c1)no[n+]2[O-]. The second-order valence-electron chi connectivity index (χ2n) is 2.50. The minimum Gasteiger partial charge on any atom is -0.366 e. The van der Waals surface area contributed by atoms with Gasteiger partial charge in [0, 0.05) is 16.8 Å². The minimum atomic E-state index is -0.567. The number of carbonyl (C=O) groups is 1. The number of aromatic nitrogens is 2. The first kappa shape index (κ1) is 7.53. The molecule has 0 saturated carbocycles. The largest absolute Gasteiger partial charge is 0.366 e. The van der Waals surface area contributed by atoms with Gasteiger partial charge in [-0.2, -0.15) is 0 Å². The topological polar surface area (TPSA) is 96.1 Å². The Hall–Kier alpha value is -2.11. The van der Waals surface area contributed by atoms with Crippen molar-refractivity contribution in [3.63, 3.8) is 0 Å². The molecule has 13 heavy (non-hydrogen) atoms. The zero-order chi connectivity index (χ0) is 9.42. The molecule has 0 spiro atoms. The van der Waals surface area contributed by atoms with Crippen molar-refractivity contribution >= 4 is 16.9 Å². The van der Waals surface area contributed by atoms with Gasteiger partial charge in [-0.15, -0.1) is 0 Å². The third-order valence-electron chi connectivity index (χ3n) is 1.67. The van der Waals surface area contributed by atoms with Crippen LogP contribution in [0.2, 0.25) is 0 Å². The number of fused-ring (bicyclic) bond motifs is 1.